The smallest absolute Gasteiger partial charge is 0.243 e. The summed E-state index contributed by atoms with van der Waals surface area (Å²) in [5.74, 6) is 0. The van der Waals surface area contributed by atoms with Crippen molar-refractivity contribution in [1.82, 2.24) is 9.21 Å². The molecule has 3 heterocycles. The van der Waals surface area contributed by atoms with Crippen LogP contribution in [0.25, 0.3) is 11.1 Å². The number of hydrogen-bond donors (Lipinski definition) is 0. The second kappa shape index (κ2) is 7.12. The minimum Gasteiger partial charge on any atom is -0.293 e. The Morgan fingerprint density at radius 1 is 0.929 bits per heavy atom. The summed E-state index contributed by atoms with van der Waals surface area (Å²) in [5, 5.41) is 2.16. The molecule has 0 bridgehead atoms. The normalized spacial score (nSPS) is 18.6. The summed E-state index contributed by atoms with van der Waals surface area (Å²) >= 11 is 1.83. The molecule has 2 aromatic carbocycles. The molecule has 0 radical (unpaired) electrons. The molecule has 5 rings (SSSR count). The van der Waals surface area contributed by atoms with Crippen molar-refractivity contribution in [1.29, 1.82) is 0 Å². The van der Waals surface area contributed by atoms with Crippen LogP contribution in [0.2, 0.25) is 0 Å². The van der Waals surface area contributed by atoms with Gasteiger partial charge in [0.1, 0.15) is 0 Å². The summed E-state index contributed by atoms with van der Waals surface area (Å²) in [6.07, 6.45) is 1.08. The van der Waals surface area contributed by atoms with Gasteiger partial charge in [-0.05, 0) is 46.7 Å². The van der Waals surface area contributed by atoms with E-state index in [1.54, 1.807) is 16.4 Å². The number of nitrogens with zero attached hydrogens (tertiary/aromatic N) is 2. The van der Waals surface area contributed by atoms with Crippen molar-refractivity contribution in [2.45, 2.75) is 23.9 Å². The van der Waals surface area contributed by atoms with Crippen LogP contribution < -0.4 is 0 Å². The lowest BCUT2D eigenvalue weighted by atomic mass is 10.0. The third-order valence-electron chi connectivity index (χ3n) is 5.76. The van der Waals surface area contributed by atoms with Gasteiger partial charge in [0.25, 0.3) is 0 Å². The van der Waals surface area contributed by atoms with Gasteiger partial charge in [0.2, 0.25) is 10.0 Å². The van der Waals surface area contributed by atoms with E-state index < -0.39 is 10.0 Å². The molecule has 2 aliphatic heterocycles. The Hall–Kier alpha value is -1.99. The van der Waals surface area contributed by atoms with Crippen molar-refractivity contribution in [2.24, 2.45) is 0 Å². The lowest BCUT2D eigenvalue weighted by Crippen LogP contribution is -2.61. The third-order valence-corrected chi connectivity index (χ3v) is 8.61. The Labute approximate surface area is 170 Å². The van der Waals surface area contributed by atoms with Crippen molar-refractivity contribution < 1.29 is 8.42 Å². The number of rotatable bonds is 4. The predicted molar refractivity (Wildman–Crippen MR) is 113 cm³/mol. The summed E-state index contributed by atoms with van der Waals surface area (Å²) in [6.45, 7) is 3.13. The molecule has 0 N–H and O–H groups in total. The minimum absolute atomic E-state index is 0.320. The standard InChI is InChI=1S/C22H22N2O2S2/c25-28(26,21-8-4-7-18(13-21)17-5-2-1-3-6-17)24-15-20(16-24)23-11-9-22-19(14-23)10-12-27-22/h1-8,10,12-13,20H,9,11,14-16H2. The first-order valence-corrected chi connectivity index (χ1v) is 11.9. The molecule has 0 spiro atoms. The first-order valence-electron chi connectivity index (χ1n) is 9.56. The highest BCUT2D eigenvalue weighted by atomic mass is 32.2. The van der Waals surface area contributed by atoms with Gasteiger partial charge in [-0.3, -0.25) is 4.90 Å². The fourth-order valence-corrected chi connectivity index (χ4v) is 6.49. The largest absolute Gasteiger partial charge is 0.293 e. The molecule has 1 aromatic heterocycles. The summed E-state index contributed by atoms with van der Waals surface area (Å²) in [6, 6.07) is 19.7. The van der Waals surface area contributed by atoms with Gasteiger partial charge in [0.15, 0.2) is 0 Å². The van der Waals surface area contributed by atoms with Gasteiger partial charge in [0.05, 0.1) is 4.90 Å². The van der Waals surface area contributed by atoms with Gasteiger partial charge in [-0.25, -0.2) is 8.42 Å². The number of sulfonamides is 1. The summed E-state index contributed by atoms with van der Waals surface area (Å²) in [4.78, 5) is 4.30. The quantitative estimate of drug-likeness (QED) is 0.656. The predicted octanol–water partition coefficient (Wildman–Crippen LogP) is 3.85. The van der Waals surface area contributed by atoms with Gasteiger partial charge in [0, 0.05) is 37.1 Å². The van der Waals surface area contributed by atoms with Gasteiger partial charge >= 0.3 is 0 Å². The maximum Gasteiger partial charge on any atom is 0.243 e. The molecular formula is C22H22N2O2S2. The van der Waals surface area contributed by atoms with Crippen molar-refractivity contribution in [2.75, 3.05) is 19.6 Å². The molecule has 1 fully saturated rings. The molecule has 1 saturated heterocycles. The van der Waals surface area contributed by atoms with Crippen molar-refractivity contribution in [3.63, 3.8) is 0 Å². The lowest BCUT2D eigenvalue weighted by molar-refractivity contribution is 0.0775. The minimum atomic E-state index is -3.45. The molecule has 6 heteroatoms. The second-order valence-electron chi connectivity index (χ2n) is 7.46. The van der Waals surface area contributed by atoms with Crippen LogP contribution in [0.15, 0.2) is 70.9 Å². The first-order chi connectivity index (χ1) is 13.6. The fourth-order valence-electron chi connectivity index (χ4n) is 4.04. The van der Waals surface area contributed by atoms with Gasteiger partial charge in [-0.15, -0.1) is 11.3 Å². The van der Waals surface area contributed by atoms with Crippen molar-refractivity contribution >= 4 is 21.4 Å². The SMILES string of the molecule is O=S(=O)(c1cccc(-c2ccccc2)c1)N1CC(N2CCc3sccc3C2)C1. The van der Waals surface area contributed by atoms with E-state index in [4.69, 9.17) is 0 Å². The zero-order valence-corrected chi connectivity index (χ0v) is 17.1. The third kappa shape index (κ3) is 3.20. The van der Waals surface area contributed by atoms with Gasteiger partial charge < -0.3 is 0 Å². The van der Waals surface area contributed by atoms with E-state index in [1.807, 2.05) is 53.8 Å². The fraction of sp³-hybridized carbons (Fsp3) is 0.273. The van der Waals surface area contributed by atoms with Crippen molar-refractivity contribution in [3.8, 4) is 11.1 Å². The Kier molecular flexibility index (Phi) is 4.59. The molecule has 0 amide bonds. The zero-order chi connectivity index (χ0) is 19.1. The van der Waals surface area contributed by atoms with Gasteiger partial charge in [-0.1, -0.05) is 42.5 Å². The van der Waals surface area contributed by atoms with Gasteiger partial charge in [-0.2, -0.15) is 4.31 Å². The number of thiophene rings is 1. The Morgan fingerprint density at radius 3 is 2.54 bits per heavy atom. The van der Waals surface area contributed by atoms with E-state index in [9.17, 15) is 8.42 Å². The summed E-state index contributed by atoms with van der Waals surface area (Å²) in [7, 11) is -3.45. The summed E-state index contributed by atoms with van der Waals surface area (Å²) in [5.41, 5.74) is 3.37. The molecule has 0 atom stereocenters. The van der Waals surface area contributed by atoms with Crippen LogP contribution >= 0.6 is 11.3 Å². The molecule has 28 heavy (non-hydrogen) atoms. The highest BCUT2D eigenvalue weighted by Crippen LogP contribution is 2.31. The van der Waals surface area contributed by atoms with Crippen LogP contribution in [0.1, 0.15) is 10.4 Å². The van der Waals surface area contributed by atoms with E-state index in [2.05, 4.69) is 16.3 Å². The van der Waals surface area contributed by atoms with Crippen LogP contribution in [-0.4, -0.2) is 43.3 Å². The Morgan fingerprint density at radius 2 is 1.71 bits per heavy atom. The van der Waals surface area contributed by atoms with Crippen LogP contribution in [0.4, 0.5) is 0 Å². The topological polar surface area (TPSA) is 40.6 Å². The Balaban J connectivity index is 1.30. The van der Waals surface area contributed by atoms with Crippen LogP contribution in [0.5, 0.6) is 0 Å². The van der Waals surface area contributed by atoms with Crippen molar-refractivity contribution in [3.05, 3.63) is 76.5 Å². The lowest BCUT2D eigenvalue weighted by Gasteiger charge is -2.45. The van der Waals surface area contributed by atoms with E-state index in [0.29, 0.717) is 24.0 Å². The zero-order valence-electron chi connectivity index (χ0n) is 15.5. The number of fused-ring (bicyclic) bond motifs is 1. The summed E-state index contributed by atoms with van der Waals surface area (Å²) < 4.78 is 27.8. The van der Waals surface area contributed by atoms with E-state index in [1.165, 1.54) is 10.4 Å². The average molecular weight is 411 g/mol. The molecule has 3 aromatic rings. The van der Waals surface area contributed by atoms with E-state index >= 15 is 0 Å². The van der Waals surface area contributed by atoms with E-state index in [-0.39, 0.29) is 0 Å². The van der Waals surface area contributed by atoms with E-state index in [0.717, 1.165) is 30.6 Å². The molecule has 4 nitrogen and oxygen atoms in total. The average Bonchev–Trinajstić information content (AvgIpc) is 3.15. The molecule has 0 unspecified atom stereocenters. The molecule has 2 aliphatic rings. The highest BCUT2D eigenvalue weighted by Gasteiger charge is 2.40. The van der Waals surface area contributed by atoms with Crippen LogP contribution in [0.3, 0.4) is 0 Å². The molecule has 0 aliphatic carbocycles. The Bertz CT molecular complexity index is 1090. The molecule has 144 valence electrons. The van der Waals surface area contributed by atoms with Crippen LogP contribution in [0, 0.1) is 0 Å². The first kappa shape index (κ1) is 18.1. The second-order valence-corrected chi connectivity index (χ2v) is 10.4. The maximum absolute atomic E-state index is 13.1. The number of benzene rings is 2. The molecular weight excluding hydrogens is 388 g/mol. The van der Waals surface area contributed by atoms with Crippen LogP contribution in [-0.2, 0) is 23.0 Å². The molecule has 0 saturated carbocycles. The maximum atomic E-state index is 13.1. The monoisotopic (exact) mass is 410 g/mol. The highest BCUT2D eigenvalue weighted by molar-refractivity contribution is 7.89. The number of hydrogen-bond acceptors (Lipinski definition) is 4.